The van der Waals surface area contributed by atoms with Gasteiger partial charge in [-0.05, 0) is 49.2 Å². The number of carbonyl (C=O) groups is 2. The van der Waals surface area contributed by atoms with E-state index in [0.717, 1.165) is 11.1 Å². The van der Waals surface area contributed by atoms with Crippen molar-refractivity contribution in [2.75, 3.05) is 11.9 Å². The summed E-state index contributed by atoms with van der Waals surface area (Å²) in [4.78, 5) is 24.9. The number of ether oxygens (including phenoxy) is 2. The van der Waals surface area contributed by atoms with E-state index in [1.165, 1.54) is 0 Å². The molecule has 1 amide bonds. The van der Waals surface area contributed by atoms with Crippen LogP contribution in [0.25, 0.3) is 0 Å². The number of esters is 1. The maximum Gasteiger partial charge on any atom is 0.338 e. The summed E-state index contributed by atoms with van der Waals surface area (Å²) >= 11 is 0. The van der Waals surface area contributed by atoms with Crippen LogP contribution in [-0.4, -0.2) is 18.5 Å². The second kappa shape index (κ2) is 9.55. The van der Waals surface area contributed by atoms with Crippen LogP contribution in [-0.2, 0) is 11.3 Å². The minimum absolute atomic E-state index is 0.292. The van der Waals surface area contributed by atoms with Gasteiger partial charge in [-0.25, -0.2) is 4.79 Å². The minimum atomic E-state index is -0.422. The Hall–Kier alpha value is -3.60. The summed E-state index contributed by atoms with van der Waals surface area (Å²) in [5.41, 5.74) is 3.22. The van der Waals surface area contributed by atoms with Gasteiger partial charge in [0.25, 0.3) is 5.91 Å². The lowest BCUT2D eigenvalue weighted by atomic mass is 10.1. The van der Waals surface area contributed by atoms with Crippen molar-refractivity contribution >= 4 is 17.6 Å². The van der Waals surface area contributed by atoms with Crippen LogP contribution in [0.2, 0.25) is 0 Å². The molecule has 3 aromatic rings. The SMILES string of the molecule is CCOC(=O)c1ccc(C)c(NC(=O)c2ccccc2OCc2ccccc2)c1. The van der Waals surface area contributed by atoms with E-state index in [2.05, 4.69) is 5.32 Å². The van der Waals surface area contributed by atoms with E-state index in [9.17, 15) is 9.59 Å². The van der Waals surface area contributed by atoms with E-state index < -0.39 is 5.97 Å². The quantitative estimate of drug-likeness (QED) is 0.578. The van der Waals surface area contributed by atoms with Crippen molar-refractivity contribution in [2.24, 2.45) is 0 Å². The third-order valence-electron chi connectivity index (χ3n) is 4.37. The lowest BCUT2D eigenvalue weighted by Gasteiger charge is -2.14. The normalized spacial score (nSPS) is 10.3. The molecular formula is C24H23NO4. The van der Waals surface area contributed by atoms with Crippen molar-refractivity contribution in [2.45, 2.75) is 20.5 Å². The van der Waals surface area contributed by atoms with E-state index in [4.69, 9.17) is 9.47 Å². The average Bonchev–Trinajstić information content (AvgIpc) is 2.75. The Morgan fingerprint density at radius 1 is 0.931 bits per heavy atom. The first kappa shape index (κ1) is 20.1. The summed E-state index contributed by atoms with van der Waals surface area (Å²) in [6.07, 6.45) is 0. The number of carbonyl (C=O) groups excluding carboxylic acids is 2. The van der Waals surface area contributed by atoms with E-state index >= 15 is 0 Å². The summed E-state index contributed by atoms with van der Waals surface area (Å²) in [7, 11) is 0. The predicted octanol–water partition coefficient (Wildman–Crippen LogP) is 5.00. The third-order valence-corrected chi connectivity index (χ3v) is 4.37. The molecule has 3 aromatic carbocycles. The molecule has 0 radical (unpaired) electrons. The Morgan fingerprint density at radius 2 is 1.66 bits per heavy atom. The highest BCUT2D eigenvalue weighted by atomic mass is 16.5. The molecule has 0 saturated carbocycles. The zero-order valence-corrected chi connectivity index (χ0v) is 16.5. The van der Waals surface area contributed by atoms with Gasteiger partial charge in [-0.1, -0.05) is 48.5 Å². The second-order valence-corrected chi connectivity index (χ2v) is 6.47. The van der Waals surface area contributed by atoms with Crippen LogP contribution in [0, 0.1) is 6.92 Å². The van der Waals surface area contributed by atoms with Crippen molar-refractivity contribution in [1.82, 2.24) is 0 Å². The summed E-state index contributed by atoms with van der Waals surface area (Å²) in [6, 6.07) is 21.9. The van der Waals surface area contributed by atoms with Crippen molar-refractivity contribution in [3.05, 3.63) is 95.1 Å². The topological polar surface area (TPSA) is 64.6 Å². The fraction of sp³-hybridized carbons (Fsp3) is 0.167. The van der Waals surface area contributed by atoms with Gasteiger partial charge in [-0.2, -0.15) is 0 Å². The van der Waals surface area contributed by atoms with Gasteiger partial charge in [-0.15, -0.1) is 0 Å². The maximum atomic E-state index is 12.9. The first-order chi connectivity index (χ1) is 14.1. The molecule has 5 heteroatoms. The second-order valence-electron chi connectivity index (χ2n) is 6.47. The molecule has 0 heterocycles. The molecule has 0 atom stereocenters. The van der Waals surface area contributed by atoms with Gasteiger partial charge >= 0.3 is 5.97 Å². The van der Waals surface area contributed by atoms with Gasteiger partial charge in [0, 0.05) is 5.69 Å². The molecule has 0 aliphatic heterocycles. The standard InChI is InChI=1S/C24H23NO4/c1-3-28-24(27)19-14-13-17(2)21(15-19)25-23(26)20-11-7-8-12-22(20)29-16-18-9-5-4-6-10-18/h4-15H,3,16H2,1-2H3,(H,25,26). The van der Waals surface area contributed by atoms with Gasteiger partial charge in [0.05, 0.1) is 17.7 Å². The number of hydrogen-bond donors (Lipinski definition) is 1. The molecule has 148 valence electrons. The van der Waals surface area contributed by atoms with Crippen LogP contribution in [0.3, 0.4) is 0 Å². The molecule has 1 N–H and O–H groups in total. The molecule has 0 fully saturated rings. The van der Waals surface area contributed by atoms with Crippen LogP contribution in [0.15, 0.2) is 72.8 Å². The summed E-state index contributed by atoms with van der Waals surface area (Å²) in [6.45, 7) is 4.27. The lowest BCUT2D eigenvalue weighted by Crippen LogP contribution is -2.15. The van der Waals surface area contributed by atoms with Crippen LogP contribution < -0.4 is 10.1 Å². The highest BCUT2D eigenvalue weighted by molar-refractivity contribution is 6.07. The zero-order chi connectivity index (χ0) is 20.6. The largest absolute Gasteiger partial charge is 0.488 e. The first-order valence-electron chi connectivity index (χ1n) is 9.43. The Balaban J connectivity index is 1.77. The van der Waals surface area contributed by atoms with Crippen molar-refractivity contribution < 1.29 is 19.1 Å². The van der Waals surface area contributed by atoms with E-state index in [1.807, 2.05) is 43.3 Å². The highest BCUT2D eigenvalue weighted by Crippen LogP contribution is 2.23. The summed E-state index contributed by atoms with van der Waals surface area (Å²) < 4.78 is 10.9. The van der Waals surface area contributed by atoms with Gasteiger partial charge in [0.1, 0.15) is 12.4 Å². The number of nitrogens with one attached hydrogen (secondary N) is 1. The molecule has 0 saturated heterocycles. The minimum Gasteiger partial charge on any atom is -0.488 e. The maximum absolute atomic E-state index is 12.9. The van der Waals surface area contributed by atoms with E-state index in [1.54, 1.807) is 43.3 Å². The molecule has 0 aliphatic carbocycles. The zero-order valence-electron chi connectivity index (χ0n) is 16.5. The fourth-order valence-corrected chi connectivity index (χ4v) is 2.80. The molecule has 0 bridgehead atoms. The van der Waals surface area contributed by atoms with Crippen molar-refractivity contribution in [3.63, 3.8) is 0 Å². The van der Waals surface area contributed by atoms with Crippen LogP contribution in [0.1, 0.15) is 38.8 Å². The Bertz CT molecular complexity index is 999. The molecule has 0 spiro atoms. The molecule has 5 nitrogen and oxygen atoms in total. The first-order valence-corrected chi connectivity index (χ1v) is 9.43. The van der Waals surface area contributed by atoms with Gasteiger partial charge in [0.15, 0.2) is 0 Å². The lowest BCUT2D eigenvalue weighted by molar-refractivity contribution is 0.0526. The number of benzene rings is 3. The Morgan fingerprint density at radius 3 is 2.41 bits per heavy atom. The number of rotatable bonds is 7. The number of hydrogen-bond acceptors (Lipinski definition) is 4. The molecule has 29 heavy (non-hydrogen) atoms. The van der Waals surface area contributed by atoms with Crippen molar-refractivity contribution in [3.8, 4) is 5.75 Å². The third kappa shape index (κ3) is 5.23. The number of amides is 1. The van der Waals surface area contributed by atoms with Gasteiger partial charge in [-0.3, -0.25) is 4.79 Å². The average molecular weight is 389 g/mol. The van der Waals surface area contributed by atoms with Gasteiger partial charge < -0.3 is 14.8 Å². The molecule has 0 aromatic heterocycles. The molecule has 0 aliphatic rings. The predicted molar refractivity (Wildman–Crippen MR) is 112 cm³/mol. The monoisotopic (exact) mass is 389 g/mol. The fourth-order valence-electron chi connectivity index (χ4n) is 2.80. The highest BCUT2D eigenvalue weighted by Gasteiger charge is 2.15. The molecule has 0 unspecified atom stereocenters. The number of para-hydroxylation sites is 1. The van der Waals surface area contributed by atoms with Crippen molar-refractivity contribution in [1.29, 1.82) is 0 Å². The Labute approximate surface area is 170 Å². The summed E-state index contributed by atoms with van der Waals surface area (Å²) in [5, 5.41) is 2.88. The van der Waals surface area contributed by atoms with Gasteiger partial charge in [0.2, 0.25) is 0 Å². The number of anilines is 1. The molecule has 3 rings (SSSR count). The van der Waals surface area contributed by atoms with Crippen LogP contribution in [0.5, 0.6) is 5.75 Å². The summed E-state index contributed by atoms with van der Waals surface area (Å²) in [5.74, 6) is -0.236. The van der Waals surface area contributed by atoms with E-state index in [0.29, 0.717) is 35.8 Å². The van der Waals surface area contributed by atoms with Crippen LogP contribution in [0.4, 0.5) is 5.69 Å². The number of aryl methyl sites for hydroxylation is 1. The van der Waals surface area contributed by atoms with Crippen LogP contribution >= 0.6 is 0 Å². The smallest absolute Gasteiger partial charge is 0.338 e. The van der Waals surface area contributed by atoms with E-state index in [-0.39, 0.29) is 5.91 Å². The molecular weight excluding hydrogens is 366 g/mol. The Kier molecular flexibility index (Phi) is 6.63.